The van der Waals surface area contributed by atoms with Crippen molar-refractivity contribution in [3.63, 3.8) is 0 Å². The number of amides is 2. The molecule has 0 bridgehead atoms. The van der Waals surface area contributed by atoms with Gasteiger partial charge in [-0.1, -0.05) is 18.2 Å². The molecule has 1 aromatic heterocycles. The Bertz CT molecular complexity index is 1090. The van der Waals surface area contributed by atoms with Crippen molar-refractivity contribution in [1.82, 2.24) is 19.8 Å². The van der Waals surface area contributed by atoms with Gasteiger partial charge in [-0.05, 0) is 35.9 Å². The van der Waals surface area contributed by atoms with Gasteiger partial charge < -0.3 is 9.64 Å². The summed E-state index contributed by atoms with van der Waals surface area (Å²) in [6.45, 7) is 3.14. The minimum Gasteiger partial charge on any atom is -0.457 e. The molecule has 1 fully saturated rings. The number of carbonyl (C=O) groups is 1. The number of aromatic nitrogens is 2. The van der Waals surface area contributed by atoms with Crippen LogP contribution >= 0.6 is 0 Å². The maximum atomic E-state index is 12.9. The number of ether oxygens (including phenoxy) is 1. The van der Waals surface area contributed by atoms with Gasteiger partial charge >= 0.3 is 12.2 Å². The highest BCUT2D eigenvalue weighted by molar-refractivity contribution is 5.88. The molecule has 2 aromatic carbocycles. The third kappa shape index (κ3) is 6.19. The summed E-state index contributed by atoms with van der Waals surface area (Å²) in [6.07, 6.45) is 0.115. The lowest BCUT2D eigenvalue weighted by Crippen LogP contribution is -2.49. The molecule has 1 aliphatic heterocycles. The van der Waals surface area contributed by atoms with E-state index in [1.165, 1.54) is 30.7 Å². The molecule has 0 radical (unpaired) electrons. The zero-order valence-corrected chi connectivity index (χ0v) is 17.6. The normalized spacial score (nSPS) is 14.7. The van der Waals surface area contributed by atoms with E-state index in [0.717, 1.165) is 17.7 Å². The van der Waals surface area contributed by atoms with Crippen molar-refractivity contribution in [3.8, 4) is 11.5 Å². The molecule has 0 atom stereocenters. The predicted octanol–water partition coefficient (Wildman–Crippen LogP) is 4.64. The Labute approximate surface area is 188 Å². The van der Waals surface area contributed by atoms with Gasteiger partial charge in [-0.3, -0.25) is 15.2 Å². The molecule has 10 heteroatoms. The Kier molecular flexibility index (Phi) is 6.74. The fourth-order valence-corrected chi connectivity index (χ4v) is 3.50. The van der Waals surface area contributed by atoms with Gasteiger partial charge in [0.15, 0.2) is 5.82 Å². The maximum absolute atomic E-state index is 12.9. The third-order valence-corrected chi connectivity index (χ3v) is 5.16. The summed E-state index contributed by atoms with van der Waals surface area (Å²) in [5.74, 6) is 1.00. The summed E-state index contributed by atoms with van der Waals surface area (Å²) in [4.78, 5) is 24.3. The number of hydrogen-bond acceptors (Lipinski definition) is 5. The molecule has 1 N–H and O–H groups in total. The molecule has 172 valence electrons. The Morgan fingerprint density at radius 2 is 1.73 bits per heavy atom. The van der Waals surface area contributed by atoms with Gasteiger partial charge in [0.1, 0.15) is 11.5 Å². The first kappa shape index (κ1) is 22.5. The van der Waals surface area contributed by atoms with E-state index in [1.54, 1.807) is 11.0 Å². The molecule has 1 saturated heterocycles. The highest BCUT2D eigenvalue weighted by Crippen LogP contribution is 2.32. The number of alkyl halides is 3. The molecule has 2 heterocycles. The molecular weight excluding hydrogens is 435 g/mol. The van der Waals surface area contributed by atoms with E-state index in [2.05, 4.69) is 20.2 Å². The lowest BCUT2D eigenvalue weighted by Gasteiger charge is -2.34. The molecule has 0 aliphatic carbocycles. The van der Waals surface area contributed by atoms with Gasteiger partial charge in [0.2, 0.25) is 0 Å². The second-order valence-corrected chi connectivity index (χ2v) is 7.56. The Hall–Kier alpha value is -3.66. The van der Waals surface area contributed by atoms with Gasteiger partial charge in [0, 0.05) is 45.1 Å². The zero-order valence-electron chi connectivity index (χ0n) is 17.6. The molecular formula is C23H22F3N5O2. The molecule has 1 aliphatic rings. The van der Waals surface area contributed by atoms with Crippen molar-refractivity contribution in [2.45, 2.75) is 12.7 Å². The van der Waals surface area contributed by atoms with E-state index >= 15 is 0 Å². The van der Waals surface area contributed by atoms with Crippen molar-refractivity contribution in [1.29, 1.82) is 0 Å². The van der Waals surface area contributed by atoms with Gasteiger partial charge in [-0.15, -0.1) is 0 Å². The first-order valence-corrected chi connectivity index (χ1v) is 10.4. The third-order valence-electron chi connectivity index (χ3n) is 5.16. The molecule has 7 nitrogen and oxygen atoms in total. The maximum Gasteiger partial charge on any atom is 0.416 e. The lowest BCUT2D eigenvalue weighted by atomic mass is 10.2. The van der Waals surface area contributed by atoms with Crippen molar-refractivity contribution in [3.05, 3.63) is 78.2 Å². The highest BCUT2D eigenvalue weighted by atomic mass is 19.4. The van der Waals surface area contributed by atoms with Crippen LogP contribution in [0.25, 0.3) is 0 Å². The average Bonchev–Trinajstić information content (AvgIpc) is 2.80. The van der Waals surface area contributed by atoms with Crippen LogP contribution in [0.1, 0.15) is 11.1 Å². The molecule has 2 amide bonds. The van der Waals surface area contributed by atoms with E-state index in [-0.39, 0.29) is 11.8 Å². The number of nitrogens with one attached hydrogen (secondary N) is 1. The summed E-state index contributed by atoms with van der Waals surface area (Å²) in [6, 6.07) is 11.9. The first-order chi connectivity index (χ1) is 15.9. The zero-order chi connectivity index (χ0) is 23.3. The van der Waals surface area contributed by atoms with E-state index in [1.807, 2.05) is 18.2 Å². The fraction of sp³-hybridized carbons (Fsp3) is 0.261. The second-order valence-electron chi connectivity index (χ2n) is 7.56. The monoisotopic (exact) mass is 457 g/mol. The number of anilines is 1. The summed E-state index contributed by atoms with van der Waals surface area (Å²) < 4.78 is 44.4. The fourth-order valence-electron chi connectivity index (χ4n) is 3.50. The minimum atomic E-state index is -4.42. The van der Waals surface area contributed by atoms with E-state index < -0.39 is 11.7 Å². The summed E-state index contributed by atoms with van der Waals surface area (Å²) in [5.41, 5.74) is 0.217. The number of piperazine rings is 1. The largest absolute Gasteiger partial charge is 0.457 e. The lowest BCUT2D eigenvalue weighted by molar-refractivity contribution is -0.137. The molecule has 33 heavy (non-hydrogen) atoms. The Morgan fingerprint density at radius 1 is 1.00 bits per heavy atom. The quantitative estimate of drug-likeness (QED) is 0.605. The van der Waals surface area contributed by atoms with Crippen molar-refractivity contribution < 1.29 is 22.7 Å². The number of halogens is 3. The predicted molar refractivity (Wildman–Crippen MR) is 116 cm³/mol. The van der Waals surface area contributed by atoms with Crippen LogP contribution in [0.5, 0.6) is 11.5 Å². The molecule has 3 aromatic rings. The van der Waals surface area contributed by atoms with Gasteiger partial charge in [0.05, 0.1) is 11.8 Å². The number of urea groups is 1. The van der Waals surface area contributed by atoms with Crippen molar-refractivity contribution >= 4 is 11.8 Å². The van der Waals surface area contributed by atoms with E-state index in [4.69, 9.17) is 4.74 Å². The average molecular weight is 457 g/mol. The van der Waals surface area contributed by atoms with Crippen molar-refractivity contribution in [2.75, 3.05) is 31.5 Å². The number of benzene rings is 2. The summed E-state index contributed by atoms with van der Waals surface area (Å²) in [7, 11) is 0. The minimum absolute atomic E-state index is 0.129. The SMILES string of the molecule is O=C(Nc1cnccn1)N1CCN(Cc2cccc(Oc3cccc(C(F)(F)F)c3)c2)CC1. The Morgan fingerprint density at radius 3 is 2.42 bits per heavy atom. The van der Waals surface area contributed by atoms with Crippen LogP contribution < -0.4 is 10.1 Å². The summed E-state index contributed by atoms with van der Waals surface area (Å²) in [5, 5.41) is 2.73. The molecule has 4 rings (SSSR count). The summed E-state index contributed by atoms with van der Waals surface area (Å²) >= 11 is 0. The van der Waals surface area contributed by atoms with Crippen LogP contribution in [0.3, 0.4) is 0 Å². The van der Waals surface area contributed by atoms with Gasteiger partial charge in [0.25, 0.3) is 0 Å². The number of hydrogen-bond donors (Lipinski definition) is 1. The molecule has 0 spiro atoms. The number of carbonyl (C=O) groups excluding carboxylic acids is 1. The van der Waals surface area contributed by atoms with Crippen LogP contribution in [-0.4, -0.2) is 52.0 Å². The standard InChI is InChI=1S/C23H22F3N5O2/c24-23(25,26)18-4-2-6-20(14-18)33-19-5-1-3-17(13-19)16-30-9-11-31(12-10-30)22(32)29-21-15-27-7-8-28-21/h1-8,13-15H,9-12,16H2,(H,28,29,32). The van der Waals surface area contributed by atoms with Crippen molar-refractivity contribution in [2.24, 2.45) is 0 Å². The number of nitrogens with zero attached hydrogens (tertiary/aromatic N) is 4. The van der Waals surface area contributed by atoms with Gasteiger partial charge in [-0.25, -0.2) is 9.78 Å². The number of rotatable bonds is 5. The smallest absolute Gasteiger partial charge is 0.416 e. The van der Waals surface area contributed by atoms with E-state index in [9.17, 15) is 18.0 Å². The van der Waals surface area contributed by atoms with Crippen LogP contribution in [0, 0.1) is 0 Å². The molecule has 0 saturated carbocycles. The Balaban J connectivity index is 1.31. The highest BCUT2D eigenvalue weighted by Gasteiger charge is 2.30. The van der Waals surface area contributed by atoms with Crippen LogP contribution in [-0.2, 0) is 12.7 Å². The van der Waals surface area contributed by atoms with E-state index in [0.29, 0.717) is 44.3 Å². The van der Waals surface area contributed by atoms with Crippen LogP contribution in [0.4, 0.5) is 23.8 Å². The van der Waals surface area contributed by atoms with Crippen LogP contribution in [0.2, 0.25) is 0 Å². The van der Waals surface area contributed by atoms with Gasteiger partial charge in [-0.2, -0.15) is 13.2 Å². The molecule has 0 unspecified atom stereocenters. The second kappa shape index (κ2) is 9.86. The topological polar surface area (TPSA) is 70.6 Å². The first-order valence-electron chi connectivity index (χ1n) is 10.4. The van der Waals surface area contributed by atoms with Crippen LogP contribution in [0.15, 0.2) is 67.1 Å².